The molecule has 1 rings (SSSR count). The first kappa shape index (κ1) is 14.6. The van der Waals surface area contributed by atoms with Crippen LogP contribution in [-0.4, -0.2) is 21.5 Å². The first-order valence-corrected chi connectivity index (χ1v) is 7.28. The molecule has 0 bridgehead atoms. The van der Waals surface area contributed by atoms with Crippen molar-refractivity contribution < 1.29 is 0 Å². The molecule has 1 aromatic rings. The molecule has 4 nitrogen and oxygen atoms in total. The number of rotatable bonds is 8. The van der Waals surface area contributed by atoms with Gasteiger partial charge in [-0.15, -0.1) is 5.10 Å². The number of nitrogens with zero attached hydrogens (tertiary/aromatic N) is 3. The molecule has 0 spiro atoms. The standard InChI is InChI=1S/C12H23BrN4/c1-4-6-7-8-10(14-9-5-2)11-12(13)15-16-17(11)3/h10,14H,4-9H2,1-3H3. The van der Waals surface area contributed by atoms with Crippen LogP contribution in [0.25, 0.3) is 0 Å². The molecule has 17 heavy (non-hydrogen) atoms. The van der Waals surface area contributed by atoms with Crippen molar-refractivity contribution >= 4 is 15.9 Å². The summed E-state index contributed by atoms with van der Waals surface area (Å²) in [7, 11) is 1.95. The molecule has 5 heteroatoms. The number of unbranched alkanes of at least 4 members (excludes halogenated alkanes) is 2. The third-order valence-electron chi connectivity index (χ3n) is 2.89. The van der Waals surface area contributed by atoms with Gasteiger partial charge in [0.05, 0.1) is 11.7 Å². The Morgan fingerprint density at radius 3 is 2.59 bits per heavy atom. The van der Waals surface area contributed by atoms with Crippen molar-refractivity contribution in [3.05, 3.63) is 10.3 Å². The lowest BCUT2D eigenvalue weighted by Crippen LogP contribution is -2.24. The van der Waals surface area contributed by atoms with E-state index in [1.165, 1.54) is 19.3 Å². The number of nitrogens with one attached hydrogen (secondary N) is 1. The topological polar surface area (TPSA) is 42.7 Å². The molecule has 0 amide bonds. The van der Waals surface area contributed by atoms with Crippen LogP contribution >= 0.6 is 15.9 Å². The van der Waals surface area contributed by atoms with Gasteiger partial charge in [-0.3, -0.25) is 0 Å². The SMILES string of the molecule is CCCCCC(NCCC)c1c(Br)nnn1C. The van der Waals surface area contributed by atoms with E-state index in [0.717, 1.165) is 29.7 Å². The van der Waals surface area contributed by atoms with Crippen molar-refractivity contribution in [2.45, 2.75) is 52.0 Å². The molecule has 0 fully saturated rings. The third kappa shape index (κ3) is 4.39. The van der Waals surface area contributed by atoms with E-state index in [9.17, 15) is 0 Å². The van der Waals surface area contributed by atoms with Crippen LogP contribution in [0.15, 0.2) is 4.60 Å². The molecule has 0 aliphatic rings. The molecule has 98 valence electrons. The first-order valence-electron chi connectivity index (χ1n) is 6.49. The maximum atomic E-state index is 4.06. The van der Waals surface area contributed by atoms with Gasteiger partial charge in [-0.2, -0.15) is 0 Å². The van der Waals surface area contributed by atoms with E-state index in [0.29, 0.717) is 6.04 Å². The monoisotopic (exact) mass is 302 g/mol. The number of hydrogen-bond acceptors (Lipinski definition) is 3. The van der Waals surface area contributed by atoms with Gasteiger partial charge in [0.1, 0.15) is 0 Å². The largest absolute Gasteiger partial charge is 0.309 e. The van der Waals surface area contributed by atoms with Gasteiger partial charge < -0.3 is 5.32 Å². The molecule has 0 radical (unpaired) electrons. The third-order valence-corrected chi connectivity index (χ3v) is 3.46. The molecule has 0 saturated heterocycles. The van der Waals surface area contributed by atoms with E-state index < -0.39 is 0 Å². The normalized spacial score (nSPS) is 12.9. The second-order valence-corrected chi connectivity index (χ2v) is 5.14. The molecule has 1 heterocycles. The van der Waals surface area contributed by atoms with E-state index in [1.807, 2.05) is 11.7 Å². The van der Waals surface area contributed by atoms with Gasteiger partial charge in [-0.05, 0) is 35.3 Å². The molecule has 0 saturated carbocycles. The zero-order valence-corrected chi connectivity index (χ0v) is 12.6. The van der Waals surface area contributed by atoms with Crippen LogP contribution in [-0.2, 0) is 7.05 Å². The van der Waals surface area contributed by atoms with E-state index in [4.69, 9.17) is 0 Å². The van der Waals surface area contributed by atoms with Gasteiger partial charge in [-0.1, -0.05) is 38.3 Å². The minimum Gasteiger partial charge on any atom is -0.309 e. The minimum absolute atomic E-state index is 0.357. The fourth-order valence-electron chi connectivity index (χ4n) is 1.96. The Hall–Kier alpha value is -0.420. The molecular weight excluding hydrogens is 280 g/mol. The number of aryl methyl sites for hydroxylation is 1. The zero-order chi connectivity index (χ0) is 12.7. The summed E-state index contributed by atoms with van der Waals surface area (Å²) in [6, 6.07) is 0.357. The maximum Gasteiger partial charge on any atom is 0.153 e. The second kappa shape index (κ2) is 7.82. The minimum atomic E-state index is 0.357. The van der Waals surface area contributed by atoms with Crippen molar-refractivity contribution in [1.29, 1.82) is 0 Å². The quantitative estimate of drug-likeness (QED) is 0.750. The van der Waals surface area contributed by atoms with Gasteiger partial charge in [0.25, 0.3) is 0 Å². The number of hydrogen-bond donors (Lipinski definition) is 1. The van der Waals surface area contributed by atoms with Crippen molar-refractivity contribution in [2.75, 3.05) is 6.54 Å². The van der Waals surface area contributed by atoms with Crippen LogP contribution in [0, 0.1) is 0 Å². The van der Waals surface area contributed by atoms with Crippen molar-refractivity contribution in [2.24, 2.45) is 7.05 Å². The Balaban J connectivity index is 2.67. The molecule has 1 N–H and O–H groups in total. The Labute approximate surface area is 112 Å². The van der Waals surface area contributed by atoms with E-state index in [1.54, 1.807) is 0 Å². The smallest absolute Gasteiger partial charge is 0.153 e. The van der Waals surface area contributed by atoms with Gasteiger partial charge >= 0.3 is 0 Å². The number of halogens is 1. The lowest BCUT2D eigenvalue weighted by Gasteiger charge is -2.18. The average Bonchev–Trinajstić information content (AvgIpc) is 2.64. The van der Waals surface area contributed by atoms with Gasteiger partial charge in [0.2, 0.25) is 0 Å². The number of aromatic nitrogens is 3. The van der Waals surface area contributed by atoms with E-state index in [2.05, 4.69) is 45.4 Å². The van der Waals surface area contributed by atoms with Crippen LogP contribution in [0.2, 0.25) is 0 Å². The highest BCUT2D eigenvalue weighted by molar-refractivity contribution is 9.10. The fraction of sp³-hybridized carbons (Fsp3) is 0.833. The molecule has 1 aromatic heterocycles. The molecule has 1 unspecified atom stereocenters. The highest BCUT2D eigenvalue weighted by atomic mass is 79.9. The van der Waals surface area contributed by atoms with E-state index in [-0.39, 0.29) is 0 Å². The Morgan fingerprint density at radius 2 is 2.06 bits per heavy atom. The van der Waals surface area contributed by atoms with Gasteiger partial charge in [0, 0.05) is 7.05 Å². The van der Waals surface area contributed by atoms with Crippen LogP contribution in [0.1, 0.15) is 57.7 Å². The summed E-state index contributed by atoms with van der Waals surface area (Å²) < 4.78 is 2.73. The Morgan fingerprint density at radius 1 is 1.29 bits per heavy atom. The summed E-state index contributed by atoms with van der Waals surface area (Å²) in [5.74, 6) is 0. The summed E-state index contributed by atoms with van der Waals surface area (Å²) in [6.45, 7) is 5.46. The highest BCUT2D eigenvalue weighted by Crippen LogP contribution is 2.25. The molecule has 0 aromatic carbocycles. The van der Waals surface area contributed by atoms with Gasteiger partial charge in [-0.25, -0.2) is 4.68 Å². The summed E-state index contributed by atoms with van der Waals surface area (Å²) in [6.07, 6.45) is 6.08. The lowest BCUT2D eigenvalue weighted by molar-refractivity contribution is 0.447. The predicted octanol–water partition coefficient (Wildman–Crippen LogP) is 3.20. The van der Waals surface area contributed by atoms with Crippen LogP contribution in [0.5, 0.6) is 0 Å². The summed E-state index contributed by atoms with van der Waals surface area (Å²) in [4.78, 5) is 0. The van der Waals surface area contributed by atoms with Crippen LogP contribution in [0.3, 0.4) is 0 Å². The molecule has 0 aliphatic carbocycles. The van der Waals surface area contributed by atoms with Crippen molar-refractivity contribution in [1.82, 2.24) is 20.3 Å². The predicted molar refractivity (Wildman–Crippen MR) is 73.9 cm³/mol. The first-order chi connectivity index (χ1) is 8.20. The zero-order valence-electron chi connectivity index (χ0n) is 11.0. The summed E-state index contributed by atoms with van der Waals surface area (Å²) >= 11 is 3.48. The summed E-state index contributed by atoms with van der Waals surface area (Å²) in [5, 5.41) is 11.7. The van der Waals surface area contributed by atoms with Crippen LogP contribution < -0.4 is 5.32 Å². The second-order valence-electron chi connectivity index (χ2n) is 4.39. The van der Waals surface area contributed by atoms with Gasteiger partial charge in [0.15, 0.2) is 4.60 Å². The Kier molecular flexibility index (Phi) is 6.73. The molecular formula is C12H23BrN4. The molecule has 0 aliphatic heterocycles. The lowest BCUT2D eigenvalue weighted by atomic mass is 10.1. The highest BCUT2D eigenvalue weighted by Gasteiger charge is 2.18. The van der Waals surface area contributed by atoms with E-state index >= 15 is 0 Å². The summed E-state index contributed by atoms with van der Waals surface area (Å²) in [5.41, 5.74) is 1.16. The van der Waals surface area contributed by atoms with Crippen molar-refractivity contribution in [3.63, 3.8) is 0 Å². The fourth-order valence-corrected chi connectivity index (χ4v) is 2.56. The Bertz CT molecular complexity index is 305. The molecule has 1 atom stereocenters. The average molecular weight is 303 g/mol. The van der Waals surface area contributed by atoms with Crippen molar-refractivity contribution in [3.8, 4) is 0 Å². The van der Waals surface area contributed by atoms with Crippen LogP contribution in [0.4, 0.5) is 0 Å². The maximum absolute atomic E-state index is 4.06.